The second-order valence-electron chi connectivity index (χ2n) is 8.05. The van der Waals surface area contributed by atoms with Gasteiger partial charge in [-0.1, -0.05) is 58.9 Å². The largest absolute Gasteiger partial charge is 0.366 e. The lowest BCUT2D eigenvalue weighted by Gasteiger charge is -2.25. The number of primary amides is 1. The van der Waals surface area contributed by atoms with Crippen LogP contribution in [0.5, 0.6) is 0 Å². The molecular formula is C21H29N3O2S. The number of carbonyl (C=O) groups is 2. The second-order valence-corrected chi connectivity index (χ2v) is 8.97. The molecule has 0 fully saturated rings. The maximum atomic E-state index is 12.3. The Hall–Kier alpha value is -2.18. The third-order valence-corrected chi connectivity index (χ3v) is 5.30. The Kier molecular flexibility index (Phi) is 6.78. The van der Waals surface area contributed by atoms with Crippen LogP contribution in [-0.2, 0) is 10.2 Å². The van der Waals surface area contributed by atoms with Gasteiger partial charge in [-0.25, -0.2) is 0 Å². The summed E-state index contributed by atoms with van der Waals surface area (Å²) in [5.41, 5.74) is 8.20. The molecule has 0 radical (unpaired) electrons. The predicted octanol–water partition coefficient (Wildman–Crippen LogP) is 4.07. The van der Waals surface area contributed by atoms with Crippen molar-refractivity contribution in [3.63, 3.8) is 0 Å². The lowest BCUT2D eigenvalue weighted by molar-refractivity contribution is -0.115. The predicted molar refractivity (Wildman–Crippen MR) is 112 cm³/mol. The zero-order chi connectivity index (χ0) is 20.2. The van der Waals surface area contributed by atoms with E-state index in [2.05, 4.69) is 69.5 Å². The number of benzene rings is 1. The summed E-state index contributed by atoms with van der Waals surface area (Å²) in [5.74, 6) is -0.420. The van der Waals surface area contributed by atoms with Crippen molar-refractivity contribution in [3.8, 4) is 0 Å². The molecule has 2 aromatic rings. The Balaban J connectivity index is 2.03. The van der Waals surface area contributed by atoms with Gasteiger partial charge in [-0.3, -0.25) is 9.59 Å². The smallest absolute Gasteiger partial charge is 0.251 e. The molecule has 2 amide bonds. The first-order valence-corrected chi connectivity index (χ1v) is 9.98. The molecule has 0 saturated heterocycles. The molecule has 1 aromatic heterocycles. The molecule has 0 bridgehead atoms. The summed E-state index contributed by atoms with van der Waals surface area (Å²) in [6, 6.07) is 10.2. The third-order valence-electron chi connectivity index (χ3n) is 4.47. The van der Waals surface area contributed by atoms with Crippen LogP contribution >= 0.6 is 11.3 Å². The molecule has 6 heteroatoms. The number of amides is 2. The molecule has 0 unspecified atom stereocenters. The van der Waals surface area contributed by atoms with E-state index >= 15 is 0 Å². The van der Waals surface area contributed by atoms with E-state index in [1.54, 1.807) is 11.4 Å². The maximum Gasteiger partial charge on any atom is 0.251 e. The van der Waals surface area contributed by atoms with Crippen LogP contribution in [0.3, 0.4) is 0 Å². The highest BCUT2D eigenvalue weighted by atomic mass is 32.1. The highest BCUT2D eigenvalue weighted by Crippen LogP contribution is 2.27. The van der Waals surface area contributed by atoms with Gasteiger partial charge in [-0.2, -0.15) is 0 Å². The van der Waals surface area contributed by atoms with Gasteiger partial charge in [0.15, 0.2) is 0 Å². The number of hydrogen-bond donors (Lipinski definition) is 3. The van der Waals surface area contributed by atoms with Gasteiger partial charge >= 0.3 is 0 Å². The van der Waals surface area contributed by atoms with Gasteiger partial charge in [0.25, 0.3) is 5.91 Å². The Bertz CT molecular complexity index is 789. The van der Waals surface area contributed by atoms with Gasteiger partial charge in [-0.15, -0.1) is 11.3 Å². The van der Waals surface area contributed by atoms with E-state index in [9.17, 15) is 9.59 Å². The molecule has 27 heavy (non-hydrogen) atoms. The van der Waals surface area contributed by atoms with Gasteiger partial charge in [-0.05, 0) is 33.9 Å². The zero-order valence-corrected chi connectivity index (χ0v) is 17.4. The van der Waals surface area contributed by atoms with E-state index < -0.39 is 5.91 Å². The molecule has 0 spiro atoms. The van der Waals surface area contributed by atoms with Crippen molar-refractivity contribution in [2.75, 3.05) is 11.9 Å². The maximum absolute atomic E-state index is 12.3. The van der Waals surface area contributed by atoms with Crippen molar-refractivity contribution in [2.45, 2.75) is 46.1 Å². The van der Waals surface area contributed by atoms with Crippen LogP contribution in [0.4, 0.5) is 5.00 Å². The number of carbonyl (C=O) groups excluding carboxylic acids is 2. The van der Waals surface area contributed by atoms with Crippen LogP contribution in [0.15, 0.2) is 35.7 Å². The molecule has 146 valence electrons. The average Bonchev–Trinajstić information content (AvgIpc) is 3.02. The summed E-state index contributed by atoms with van der Waals surface area (Å²) in [5, 5.41) is 8.32. The minimum absolute atomic E-state index is 0.0590. The fourth-order valence-electron chi connectivity index (χ4n) is 2.90. The van der Waals surface area contributed by atoms with Gasteiger partial charge < -0.3 is 16.4 Å². The second kappa shape index (κ2) is 8.67. The molecule has 4 N–H and O–H groups in total. The summed E-state index contributed by atoms with van der Waals surface area (Å²) in [6.45, 7) is 11.0. The Morgan fingerprint density at radius 1 is 1.11 bits per heavy atom. The van der Waals surface area contributed by atoms with Crippen molar-refractivity contribution in [1.29, 1.82) is 0 Å². The summed E-state index contributed by atoms with van der Waals surface area (Å²) in [6.07, 6.45) is 0. The number of hydrogen-bond acceptors (Lipinski definition) is 4. The monoisotopic (exact) mass is 387 g/mol. The Labute approximate surface area is 165 Å². The number of nitrogens with one attached hydrogen (secondary N) is 2. The highest BCUT2D eigenvalue weighted by molar-refractivity contribution is 7.14. The first kappa shape index (κ1) is 21.1. The number of anilines is 1. The summed E-state index contributed by atoms with van der Waals surface area (Å²) in [7, 11) is 0. The van der Waals surface area contributed by atoms with E-state index in [0.29, 0.717) is 16.5 Å². The molecule has 0 aliphatic rings. The molecule has 0 saturated carbocycles. The molecule has 0 aliphatic carbocycles. The van der Waals surface area contributed by atoms with Crippen LogP contribution in [0.25, 0.3) is 0 Å². The van der Waals surface area contributed by atoms with Crippen LogP contribution in [0.2, 0.25) is 0 Å². The Morgan fingerprint density at radius 3 is 2.26 bits per heavy atom. The van der Waals surface area contributed by atoms with E-state index in [4.69, 9.17) is 5.73 Å². The van der Waals surface area contributed by atoms with Gasteiger partial charge in [0.05, 0.1) is 12.1 Å². The van der Waals surface area contributed by atoms with Crippen molar-refractivity contribution >= 4 is 28.2 Å². The normalized spacial score (nSPS) is 12.8. The van der Waals surface area contributed by atoms with Crippen LogP contribution < -0.4 is 16.4 Å². The van der Waals surface area contributed by atoms with E-state index in [0.717, 1.165) is 5.56 Å². The summed E-state index contributed by atoms with van der Waals surface area (Å²) >= 11 is 1.29. The molecule has 0 aliphatic heterocycles. The third kappa shape index (κ3) is 5.65. The number of thiophene rings is 1. The zero-order valence-electron chi connectivity index (χ0n) is 16.6. The van der Waals surface area contributed by atoms with Gasteiger partial charge in [0.1, 0.15) is 5.00 Å². The molecule has 1 heterocycles. The van der Waals surface area contributed by atoms with E-state index in [1.165, 1.54) is 16.9 Å². The number of nitrogens with two attached hydrogens (primary N) is 1. The highest BCUT2D eigenvalue weighted by Gasteiger charge is 2.19. The van der Waals surface area contributed by atoms with Crippen LogP contribution in [0, 0.1) is 5.92 Å². The van der Waals surface area contributed by atoms with Gasteiger partial charge in [0, 0.05) is 6.04 Å². The molecule has 1 atom stereocenters. The summed E-state index contributed by atoms with van der Waals surface area (Å²) in [4.78, 5) is 23.7. The van der Waals surface area contributed by atoms with Crippen molar-refractivity contribution < 1.29 is 9.59 Å². The first-order valence-electron chi connectivity index (χ1n) is 9.10. The van der Waals surface area contributed by atoms with Crippen molar-refractivity contribution in [2.24, 2.45) is 11.7 Å². The summed E-state index contributed by atoms with van der Waals surface area (Å²) < 4.78 is 0. The first-order chi connectivity index (χ1) is 12.6. The molecule has 1 aromatic carbocycles. The minimum Gasteiger partial charge on any atom is -0.366 e. The topological polar surface area (TPSA) is 84.2 Å². The standard InChI is InChI=1S/C21H29N3O2S/c1-13(2)18(14-6-8-15(9-7-14)21(3,4)5)23-12-17(25)24-20-16(19(22)26)10-11-27-20/h6-11,13,18,23H,12H2,1-5H3,(H2,22,26)(H,24,25)/t18-/m1/s1. The Morgan fingerprint density at radius 2 is 1.74 bits per heavy atom. The lowest BCUT2D eigenvalue weighted by Crippen LogP contribution is -2.34. The van der Waals surface area contributed by atoms with Gasteiger partial charge in [0.2, 0.25) is 5.91 Å². The number of rotatable bonds is 7. The van der Waals surface area contributed by atoms with E-state index in [-0.39, 0.29) is 23.9 Å². The average molecular weight is 388 g/mol. The SMILES string of the molecule is CC(C)[C@@H](NCC(=O)Nc1sccc1C(N)=O)c1ccc(C(C)(C)C)cc1. The molecular weight excluding hydrogens is 358 g/mol. The van der Waals surface area contributed by atoms with Crippen molar-refractivity contribution in [3.05, 3.63) is 52.4 Å². The van der Waals surface area contributed by atoms with E-state index in [1.807, 2.05) is 0 Å². The fourth-order valence-corrected chi connectivity index (χ4v) is 3.71. The quantitative estimate of drug-likeness (QED) is 0.669. The molecule has 2 rings (SSSR count). The van der Waals surface area contributed by atoms with Crippen LogP contribution in [0.1, 0.15) is 62.1 Å². The van der Waals surface area contributed by atoms with Crippen LogP contribution in [-0.4, -0.2) is 18.4 Å². The minimum atomic E-state index is -0.543. The fraction of sp³-hybridized carbons (Fsp3) is 0.429. The lowest BCUT2D eigenvalue weighted by atomic mass is 9.85. The molecule has 5 nitrogen and oxygen atoms in total. The van der Waals surface area contributed by atoms with Crippen molar-refractivity contribution in [1.82, 2.24) is 5.32 Å².